The smallest absolute Gasteiger partial charge is 0.306 e. The molecule has 0 aromatic carbocycles. The molecule has 0 saturated carbocycles. The molecule has 6 nitrogen and oxygen atoms in total. The van der Waals surface area contributed by atoms with Gasteiger partial charge >= 0.3 is 11.9 Å². The number of nitrogens with zero attached hydrogens (tertiary/aromatic N) is 1. The van der Waals surface area contributed by atoms with Crippen LogP contribution in [0.2, 0.25) is 0 Å². The van der Waals surface area contributed by atoms with Crippen LogP contribution >= 0.6 is 0 Å². The molecule has 0 radical (unpaired) electrons. The van der Waals surface area contributed by atoms with Crippen LogP contribution in [0.3, 0.4) is 0 Å². The summed E-state index contributed by atoms with van der Waals surface area (Å²) >= 11 is 0. The van der Waals surface area contributed by atoms with E-state index in [1.165, 1.54) is 89.9 Å². The van der Waals surface area contributed by atoms with Crippen LogP contribution in [0.15, 0.2) is 0 Å². The number of ether oxygens (including phenoxy) is 2. The topological polar surface area (TPSA) is 76.1 Å². The van der Waals surface area contributed by atoms with Crippen molar-refractivity contribution >= 4 is 11.9 Å². The summed E-state index contributed by atoms with van der Waals surface area (Å²) in [6.07, 6.45) is 29.7. The second-order valence-corrected chi connectivity index (χ2v) is 13.6. The van der Waals surface area contributed by atoms with Gasteiger partial charge < -0.3 is 19.5 Å². The van der Waals surface area contributed by atoms with Gasteiger partial charge in [0.05, 0.1) is 12.7 Å². The number of unbranched alkanes of at least 4 members (excludes halogenated alkanes) is 18. The van der Waals surface area contributed by atoms with E-state index in [0.29, 0.717) is 26.0 Å². The molecule has 0 aliphatic rings. The molecule has 268 valence electrons. The van der Waals surface area contributed by atoms with E-state index in [4.69, 9.17) is 9.47 Å². The monoisotopic (exact) mass is 640 g/mol. The van der Waals surface area contributed by atoms with E-state index in [9.17, 15) is 14.7 Å². The maximum Gasteiger partial charge on any atom is 0.306 e. The average Bonchev–Trinajstić information content (AvgIpc) is 3.01. The van der Waals surface area contributed by atoms with E-state index >= 15 is 0 Å². The predicted molar refractivity (Wildman–Crippen MR) is 191 cm³/mol. The zero-order chi connectivity index (χ0) is 33.2. The Balaban J connectivity index is 4.21. The molecule has 0 aromatic rings. The third-order valence-corrected chi connectivity index (χ3v) is 8.80. The van der Waals surface area contributed by atoms with Gasteiger partial charge in [-0.15, -0.1) is 0 Å². The number of rotatable bonds is 35. The summed E-state index contributed by atoms with van der Waals surface area (Å²) in [6.45, 7) is 11.7. The molecule has 0 aliphatic heterocycles. The van der Waals surface area contributed by atoms with Gasteiger partial charge in [-0.25, -0.2) is 0 Å². The van der Waals surface area contributed by atoms with Crippen molar-refractivity contribution < 1.29 is 24.2 Å². The highest BCUT2D eigenvalue weighted by Gasteiger charge is 2.15. The van der Waals surface area contributed by atoms with E-state index in [0.717, 1.165) is 83.7 Å². The van der Waals surface area contributed by atoms with Crippen LogP contribution < -0.4 is 0 Å². The minimum absolute atomic E-state index is 0.0243. The molecule has 0 fully saturated rings. The van der Waals surface area contributed by atoms with E-state index < -0.39 is 0 Å². The fourth-order valence-electron chi connectivity index (χ4n) is 6.01. The molecular formula is C39H77NO5. The van der Waals surface area contributed by atoms with Crippen LogP contribution in [0.1, 0.15) is 201 Å². The number of carbonyl (C=O) groups excluding carboxylic acids is 2. The molecule has 0 aromatic heterocycles. The quantitative estimate of drug-likeness (QED) is 0.0549. The lowest BCUT2D eigenvalue weighted by molar-refractivity contribution is -0.150. The summed E-state index contributed by atoms with van der Waals surface area (Å²) in [5.74, 6) is -0.0712. The summed E-state index contributed by atoms with van der Waals surface area (Å²) in [7, 11) is 0. The Hall–Kier alpha value is -1.14. The highest BCUT2D eigenvalue weighted by atomic mass is 16.5. The van der Waals surface area contributed by atoms with Crippen molar-refractivity contribution in [2.45, 2.75) is 213 Å². The lowest BCUT2D eigenvalue weighted by Crippen LogP contribution is -2.33. The van der Waals surface area contributed by atoms with Crippen molar-refractivity contribution in [2.24, 2.45) is 0 Å². The predicted octanol–water partition coefficient (Wildman–Crippen LogP) is 10.7. The third-order valence-electron chi connectivity index (χ3n) is 8.80. The maximum atomic E-state index is 12.7. The van der Waals surface area contributed by atoms with E-state index in [-0.39, 0.29) is 24.1 Å². The molecule has 1 atom stereocenters. The molecule has 0 aliphatic carbocycles. The minimum Gasteiger partial charge on any atom is -0.466 e. The molecule has 6 heteroatoms. The molecule has 0 spiro atoms. The van der Waals surface area contributed by atoms with Crippen LogP contribution in [0, 0.1) is 0 Å². The number of hydrogen-bond donors (Lipinski definition) is 1. The maximum absolute atomic E-state index is 12.7. The Morgan fingerprint density at radius 3 is 1.53 bits per heavy atom. The summed E-state index contributed by atoms with van der Waals surface area (Å²) in [5, 5.41) is 10.0. The van der Waals surface area contributed by atoms with Gasteiger partial charge in [0.1, 0.15) is 6.10 Å². The number of aliphatic hydroxyl groups is 1. The Labute approximate surface area is 280 Å². The summed E-state index contributed by atoms with van der Waals surface area (Å²) in [4.78, 5) is 26.9. The highest BCUT2D eigenvalue weighted by molar-refractivity contribution is 5.69. The Morgan fingerprint density at radius 1 is 0.556 bits per heavy atom. The van der Waals surface area contributed by atoms with Crippen LogP contribution in [0.4, 0.5) is 0 Å². The molecule has 1 N–H and O–H groups in total. The van der Waals surface area contributed by atoms with Gasteiger partial charge in [0, 0.05) is 19.4 Å². The van der Waals surface area contributed by atoms with Gasteiger partial charge in [0.2, 0.25) is 0 Å². The van der Waals surface area contributed by atoms with Crippen molar-refractivity contribution in [2.75, 3.05) is 26.2 Å². The SMILES string of the molecule is CCCCCCCCC(CCCCCCCC)OC(=O)CCCCN(CCCCCCCCC(=O)OCCCCC)C[C@H](C)O. The number of esters is 2. The molecule has 0 heterocycles. The molecule has 0 rings (SSSR count). The molecule has 45 heavy (non-hydrogen) atoms. The van der Waals surface area contributed by atoms with Crippen molar-refractivity contribution in [3.63, 3.8) is 0 Å². The standard InChI is InChI=1S/C39H77NO5/c1-5-8-11-13-17-21-28-37(29-22-18-14-12-9-6-2)45-39(43)31-24-26-33-40(35-36(4)41)32-25-20-16-15-19-23-30-38(42)44-34-27-10-7-3/h36-37,41H,5-35H2,1-4H3/t36-/m0/s1. The van der Waals surface area contributed by atoms with Gasteiger partial charge in [0.15, 0.2) is 0 Å². The Kier molecular flexibility index (Phi) is 33.3. The summed E-state index contributed by atoms with van der Waals surface area (Å²) < 4.78 is 11.3. The van der Waals surface area contributed by atoms with Crippen molar-refractivity contribution in [1.82, 2.24) is 4.90 Å². The van der Waals surface area contributed by atoms with Crippen LogP contribution in [0.25, 0.3) is 0 Å². The van der Waals surface area contributed by atoms with Gasteiger partial charge in [-0.3, -0.25) is 9.59 Å². The zero-order valence-corrected chi connectivity index (χ0v) is 30.6. The van der Waals surface area contributed by atoms with Gasteiger partial charge in [-0.1, -0.05) is 124 Å². The fourth-order valence-corrected chi connectivity index (χ4v) is 6.01. The van der Waals surface area contributed by atoms with Crippen molar-refractivity contribution in [3.8, 4) is 0 Å². The van der Waals surface area contributed by atoms with E-state index in [1.807, 2.05) is 6.92 Å². The summed E-state index contributed by atoms with van der Waals surface area (Å²) in [6, 6.07) is 0. The first-order valence-electron chi connectivity index (χ1n) is 19.7. The lowest BCUT2D eigenvalue weighted by Gasteiger charge is -2.24. The van der Waals surface area contributed by atoms with Crippen molar-refractivity contribution in [3.05, 3.63) is 0 Å². The van der Waals surface area contributed by atoms with E-state index in [2.05, 4.69) is 25.7 Å². The average molecular weight is 640 g/mol. The molecule has 0 amide bonds. The van der Waals surface area contributed by atoms with Crippen molar-refractivity contribution in [1.29, 1.82) is 0 Å². The first kappa shape index (κ1) is 43.9. The number of aliphatic hydroxyl groups excluding tert-OH is 1. The number of carbonyl (C=O) groups is 2. The highest BCUT2D eigenvalue weighted by Crippen LogP contribution is 2.18. The van der Waals surface area contributed by atoms with Gasteiger partial charge in [0.25, 0.3) is 0 Å². The lowest BCUT2D eigenvalue weighted by atomic mass is 10.0. The summed E-state index contributed by atoms with van der Waals surface area (Å²) in [5.41, 5.74) is 0. The van der Waals surface area contributed by atoms with Crippen LogP contribution in [0.5, 0.6) is 0 Å². The zero-order valence-electron chi connectivity index (χ0n) is 30.6. The number of hydrogen-bond acceptors (Lipinski definition) is 6. The molecule has 0 bridgehead atoms. The van der Waals surface area contributed by atoms with Gasteiger partial charge in [-0.05, 0) is 77.8 Å². The van der Waals surface area contributed by atoms with Gasteiger partial charge in [-0.2, -0.15) is 0 Å². The first-order chi connectivity index (χ1) is 21.9. The second-order valence-electron chi connectivity index (χ2n) is 13.6. The largest absolute Gasteiger partial charge is 0.466 e. The normalized spacial score (nSPS) is 12.2. The van der Waals surface area contributed by atoms with Crippen LogP contribution in [-0.4, -0.2) is 60.4 Å². The third kappa shape index (κ3) is 32.6. The molecule has 0 unspecified atom stereocenters. The molecular weight excluding hydrogens is 562 g/mol. The minimum atomic E-state index is -0.346. The first-order valence-corrected chi connectivity index (χ1v) is 19.7. The second kappa shape index (κ2) is 34.2. The fraction of sp³-hybridized carbons (Fsp3) is 0.949. The Morgan fingerprint density at radius 2 is 0.978 bits per heavy atom. The Bertz CT molecular complexity index is 625. The molecule has 0 saturated heterocycles. The van der Waals surface area contributed by atoms with Crippen LogP contribution in [-0.2, 0) is 19.1 Å². The van der Waals surface area contributed by atoms with E-state index in [1.54, 1.807) is 0 Å².